The van der Waals surface area contributed by atoms with Crippen LogP contribution >= 0.6 is 11.8 Å². The van der Waals surface area contributed by atoms with Crippen molar-refractivity contribution < 1.29 is 14.7 Å². The molecule has 21 heavy (non-hydrogen) atoms. The molecule has 1 aliphatic heterocycles. The third-order valence-corrected chi connectivity index (χ3v) is 4.26. The van der Waals surface area contributed by atoms with Crippen LogP contribution in [0.5, 0.6) is 0 Å². The Morgan fingerprint density at radius 3 is 3.05 bits per heavy atom. The minimum absolute atomic E-state index is 0.0117. The summed E-state index contributed by atoms with van der Waals surface area (Å²) in [5.41, 5.74) is 0. The van der Waals surface area contributed by atoms with Gasteiger partial charge in [-0.05, 0) is 0 Å². The molecule has 0 radical (unpaired) electrons. The molecule has 2 amide bonds. The lowest BCUT2D eigenvalue weighted by atomic mass is 10.2. The molecule has 1 saturated heterocycles. The Morgan fingerprint density at radius 2 is 2.38 bits per heavy atom. The highest BCUT2D eigenvalue weighted by molar-refractivity contribution is 7.99. The summed E-state index contributed by atoms with van der Waals surface area (Å²) in [6.07, 6.45) is 2.16. The van der Waals surface area contributed by atoms with Crippen LogP contribution in [-0.4, -0.2) is 67.4 Å². The monoisotopic (exact) mass is 313 g/mol. The van der Waals surface area contributed by atoms with Gasteiger partial charge < -0.3 is 15.3 Å². The Hall–Kier alpha value is -1.77. The van der Waals surface area contributed by atoms with Crippen molar-refractivity contribution in [3.05, 3.63) is 12.2 Å². The predicted octanol–water partition coefficient (Wildman–Crippen LogP) is -0.0407. The number of hydrogen-bond donors (Lipinski definition) is 2. The molecule has 1 aliphatic rings. The van der Waals surface area contributed by atoms with Gasteiger partial charge in [0.2, 0.25) is 0 Å². The molecule has 1 unspecified atom stereocenters. The maximum absolute atomic E-state index is 12.2. The lowest BCUT2D eigenvalue weighted by molar-refractivity contribution is -0.137. The lowest BCUT2D eigenvalue weighted by Gasteiger charge is -2.34. The summed E-state index contributed by atoms with van der Waals surface area (Å²) in [5.74, 6) is 1.31. The Bertz CT molecular complexity index is 507. The first-order valence-corrected chi connectivity index (χ1v) is 7.90. The number of thioether (sulfide) groups is 1. The fourth-order valence-electron chi connectivity index (χ4n) is 2.17. The molecule has 2 heterocycles. The number of rotatable bonds is 5. The van der Waals surface area contributed by atoms with Crippen LogP contribution in [0, 0.1) is 0 Å². The summed E-state index contributed by atoms with van der Waals surface area (Å²) in [5, 5.41) is 15.8. The Labute approximate surface area is 126 Å². The van der Waals surface area contributed by atoms with Gasteiger partial charge in [-0.25, -0.2) is 9.78 Å². The zero-order chi connectivity index (χ0) is 15.2. The number of aliphatic carboxylic acids is 1. The van der Waals surface area contributed by atoms with E-state index in [1.165, 1.54) is 0 Å². The molecule has 1 aromatic rings. The number of carbonyl (C=O) groups excluding carboxylic acids is 1. The molecule has 1 fully saturated rings. The Kier molecular flexibility index (Phi) is 5.43. The molecular weight excluding hydrogens is 294 g/mol. The zero-order valence-corrected chi connectivity index (χ0v) is 12.7. The van der Waals surface area contributed by atoms with Gasteiger partial charge in [-0.15, -0.1) is 0 Å². The maximum Gasteiger partial charge on any atom is 0.317 e. The number of nitrogens with zero attached hydrogens (tertiary/aromatic N) is 4. The van der Waals surface area contributed by atoms with Gasteiger partial charge in [0.25, 0.3) is 0 Å². The average Bonchev–Trinajstić information content (AvgIpc) is 2.84. The Balaban J connectivity index is 1.81. The van der Waals surface area contributed by atoms with Crippen molar-refractivity contribution in [2.45, 2.75) is 18.9 Å². The van der Waals surface area contributed by atoms with E-state index in [-0.39, 0.29) is 18.5 Å². The number of carbonyl (C=O) groups is 2. The fourth-order valence-corrected chi connectivity index (χ4v) is 3.24. The van der Waals surface area contributed by atoms with Crippen molar-refractivity contribution in [2.75, 3.05) is 24.6 Å². The van der Waals surface area contributed by atoms with E-state index in [1.807, 2.05) is 0 Å². The molecule has 0 spiro atoms. The second kappa shape index (κ2) is 7.30. The van der Waals surface area contributed by atoms with Gasteiger partial charge in [0.05, 0.1) is 12.5 Å². The smallest absolute Gasteiger partial charge is 0.317 e. The van der Waals surface area contributed by atoms with Crippen LogP contribution in [0.3, 0.4) is 0 Å². The first-order valence-electron chi connectivity index (χ1n) is 6.75. The highest BCUT2D eigenvalue weighted by atomic mass is 32.2. The van der Waals surface area contributed by atoms with Crippen LogP contribution in [-0.2, 0) is 18.3 Å². The molecule has 0 bridgehead atoms. The molecule has 0 aliphatic carbocycles. The predicted molar refractivity (Wildman–Crippen MR) is 78.2 cm³/mol. The van der Waals surface area contributed by atoms with Crippen LogP contribution in [0.1, 0.15) is 12.2 Å². The number of aryl methyl sites for hydroxylation is 1. The molecule has 9 heteroatoms. The summed E-state index contributed by atoms with van der Waals surface area (Å²) in [6.45, 7) is 1.02. The van der Waals surface area contributed by atoms with E-state index in [4.69, 9.17) is 5.11 Å². The van der Waals surface area contributed by atoms with Crippen LogP contribution in [0.4, 0.5) is 4.79 Å². The number of amides is 2. The third kappa shape index (κ3) is 4.62. The third-order valence-electron chi connectivity index (χ3n) is 3.17. The molecule has 1 aromatic heterocycles. The van der Waals surface area contributed by atoms with Crippen molar-refractivity contribution in [2.24, 2.45) is 7.05 Å². The summed E-state index contributed by atoms with van der Waals surface area (Å²) < 4.78 is 1.61. The summed E-state index contributed by atoms with van der Waals surface area (Å²) >= 11 is 1.68. The number of nitrogens with one attached hydrogen (secondary N) is 1. The maximum atomic E-state index is 12.2. The number of carboxylic acid groups (broad SMARTS) is 1. The summed E-state index contributed by atoms with van der Waals surface area (Å²) in [7, 11) is 1.79. The number of carboxylic acids is 1. The molecule has 0 aromatic carbocycles. The van der Waals surface area contributed by atoms with Crippen molar-refractivity contribution in [1.29, 1.82) is 0 Å². The van der Waals surface area contributed by atoms with Crippen LogP contribution in [0.2, 0.25) is 0 Å². The first kappa shape index (κ1) is 15.6. The highest BCUT2D eigenvalue weighted by Crippen LogP contribution is 2.18. The molecule has 0 saturated carbocycles. The van der Waals surface area contributed by atoms with Crippen molar-refractivity contribution >= 4 is 23.8 Å². The number of aromatic nitrogens is 3. The fraction of sp³-hybridized carbons (Fsp3) is 0.667. The molecule has 1 atom stereocenters. The zero-order valence-electron chi connectivity index (χ0n) is 11.9. The quantitative estimate of drug-likeness (QED) is 0.791. The van der Waals surface area contributed by atoms with E-state index < -0.39 is 5.97 Å². The van der Waals surface area contributed by atoms with E-state index in [0.717, 1.165) is 5.75 Å². The summed E-state index contributed by atoms with van der Waals surface area (Å²) in [4.78, 5) is 28.7. The van der Waals surface area contributed by atoms with Gasteiger partial charge in [-0.3, -0.25) is 9.48 Å². The molecule has 116 valence electrons. The summed E-state index contributed by atoms with van der Waals surface area (Å²) in [6, 6.07) is -0.452. The SMILES string of the molecule is Cn1cnc(CCNC(=O)N2CCSCC2CC(=O)O)n1. The average molecular weight is 313 g/mol. The van der Waals surface area contributed by atoms with E-state index in [0.29, 0.717) is 31.1 Å². The van der Waals surface area contributed by atoms with Gasteiger partial charge in [0.15, 0.2) is 5.82 Å². The van der Waals surface area contributed by atoms with Crippen LogP contribution in [0.25, 0.3) is 0 Å². The van der Waals surface area contributed by atoms with Crippen LogP contribution < -0.4 is 5.32 Å². The standard InChI is InChI=1S/C12H19N5O3S/c1-16-8-14-10(15-16)2-3-13-12(20)17-4-5-21-7-9(17)6-11(18)19/h8-9H,2-7H2,1H3,(H,13,20)(H,18,19). The normalized spacial score (nSPS) is 18.5. The number of urea groups is 1. The molecule has 2 rings (SSSR count). The van der Waals surface area contributed by atoms with E-state index in [9.17, 15) is 9.59 Å². The van der Waals surface area contributed by atoms with E-state index in [1.54, 1.807) is 34.7 Å². The topological polar surface area (TPSA) is 100 Å². The van der Waals surface area contributed by atoms with Gasteiger partial charge >= 0.3 is 12.0 Å². The van der Waals surface area contributed by atoms with Gasteiger partial charge in [-0.1, -0.05) is 0 Å². The van der Waals surface area contributed by atoms with E-state index in [2.05, 4.69) is 15.4 Å². The van der Waals surface area contributed by atoms with Gasteiger partial charge in [0.1, 0.15) is 6.33 Å². The lowest BCUT2D eigenvalue weighted by Crippen LogP contribution is -2.51. The van der Waals surface area contributed by atoms with Crippen molar-refractivity contribution in [1.82, 2.24) is 25.0 Å². The largest absolute Gasteiger partial charge is 0.481 e. The van der Waals surface area contributed by atoms with Crippen molar-refractivity contribution in [3.63, 3.8) is 0 Å². The Morgan fingerprint density at radius 1 is 1.57 bits per heavy atom. The second-order valence-electron chi connectivity index (χ2n) is 4.84. The molecular formula is C12H19N5O3S. The number of hydrogen-bond acceptors (Lipinski definition) is 5. The van der Waals surface area contributed by atoms with E-state index >= 15 is 0 Å². The minimum Gasteiger partial charge on any atom is -0.481 e. The second-order valence-corrected chi connectivity index (χ2v) is 5.99. The van der Waals surface area contributed by atoms with Gasteiger partial charge in [0, 0.05) is 38.1 Å². The molecule has 2 N–H and O–H groups in total. The minimum atomic E-state index is -0.877. The highest BCUT2D eigenvalue weighted by Gasteiger charge is 2.28. The van der Waals surface area contributed by atoms with Crippen LogP contribution in [0.15, 0.2) is 6.33 Å². The molecule has 8 nitrogen and oxygen atoms in total. The van der Waals surface area contributed by atoms with Gasteiger partial charge in [-0.2, -0.15) is 16.9 Å². The first-order chi connectivity index (χ1) is 10.1. The van der Waals surface area contributed by atoms with Crippen molar-refractivity contribution in [3.8, 4) is 0 Å².